The van der Waals surface area contributed by atoms with E-state index in [1.807, 2.05) is 0 Å². The molecule has 0 fully saturated rings. The predicted octanol–water partition coefficient (Wildman–Crippen LogP) is 4.39. The number of nitrogens with zero attached hydrogens (tertiary/aromatic N) is 2. The summed E-state index contributed by atoms with van der Waals surface area (Å²) < 4.78 is 3.27. The molecule has 3 aromatic rings. The molecular formula is C14H14BrN3S. The van der Waals surface area contributed by atoms with Crippen LogP contribution in [0.3, 0.4) is 0 Å². The fraction of sp³-hybridized carbons (Fsp3) is 0.214. The molecule has 0 aliphatic carbocycles. The molecule has 1 aromatic carbocycles. The second-order valence-electron chi connectivity index (χ2n) is 4.49. The van der Waals surface area contributed by atoms with Crippen molar-refractivity contribution in [2.24, 2.45) is 0 Å². The first-order valence-corrected chi connectivity index (χ1v) is 7.74. The van der Waals surface area contributed by atoms with E-state index in [2.05, 4.69) is 74.3 Å². The van der Waals surface area contributed by atoms with Crippen molar-refractivity contribution >= 4 is 37.9 Å². The van der Waals surface area contributed by atoms with Crippen LogP contribution in [0.25, 0.3) is 4.96 Å². The van der Waals surface area contributed by atoms with Crippen molar-refractivity contribution in [3.8, 4) is 0 Å². The van der Waals surface area contributed by atoms with Gasteiger partial charge in [-0.25, -0.2) is 4.98 Å². The molecule has 3 rings (SSSR count). The van der Waals surface area contributed by atoms with E-state index in [0.29, 0.717) is 0 Å². The molecular weight excluding hydrogens is 322 g/mol. The molecule has 0 aliphatic heterocycles. The van der Waals surface area contributed by atoms with Crippen LogP contribution in [0, 0.1) is 13.8 Å². The lowest BCUT2D eigenvalue weighted by Crippen LogP contribution is -2.04. The highest BCUT2D eigenvalue weighted by Gasteiger charge is 2.10. The van der Waals surface area contributed by atoms with Crippen molar-refractivity contribution in [3.05, 3.63) is 51.2 Å². The van der Waals surface area contributed by atoms with E-state index in [9.17, 15) is 0 Å². The second kappa shape index (κ2) is 4.98. The third kappa shape index (κ3) is 2.28. The van der Waals surface area contributed by atoms with Gasteiger partial charge in [0.15, 0.2) is 4.96 Å². The summed E-state index contributed by atoms with van der Waals surface area (Å²) >= 11 is 5.29. The van der Waals surface area contributed by atoms with Crippen LogP contribution in [0.1, 0.15) is 17.0 Å². The summed E-state index contributed by atoms with van der Waals surface area (Å²) in [5.41, 5.74) is 4.65. The van der Waals surface area contributed by atoms with Crippen molar-refractivity contribution in [1.29, 1.82) is 0 Å². The van der Waals surface area contributed by atoms with Gasteiger partial charge in [0.25, 0.3) is 0 Å². The van der Waals surface area contributed by atoms with Gasteiger partial charge in [0.1, 0.15) is 0 Å². The molecule has 2 aromatic heterocycles. The van der Waals surface area contributed by atoms with Gasteiger partial charge < -0.3 is 5.32 Å². The summed E-state index contributed by atoms with van der Waals surface area (Å²) in [6, 6.07) is 6.24. The summed E-state index contributed by atoms with van der Waals surface area (Å²) in [6.45, 7) is 4.92. The summed E-state index contributed by atoms with van der Waals surface area (Å²) in [4.78, 5) is 5.61. The van der Waals surface area contributed by atoms with Gasteiger partial charge in [-0.2, -0.15) is 0 Å². The van der Waals surface area contributed by atoms with Gasteiger partial charge in [0.05, 0.1) is 17.9 Å². The lowest BCUT2D eigenvalue weighted by Gasteiger charge is -2.10. The molecule has 5 heteroatoms. The molecule has 1 N–H and O–H groups in total. The predicted molar refractivity (Wildman–Crippen MR) is 84.0 cm³/mol. The number of benzene rings is 1. The van der Waals surface area contributed by atoms with E-state index >= 15 is 0 Å². The van der Waals surface area contributed by atoms with Gasteiger partial charge in [0.2, 0.25) is 0 Å². The van der Waals surface area contributed by atoms with Gasteiger partial charge in [-0.05, 0) is 41.4 Å². The zero-order valence-corrected chi connectivity index (χ0v) is 13.2. The minimum atomic E-state index is 0.770. The molecule has 0 aliphatic rings. The Balaban J connectivity index is 1.88. The molecule has 98 valence electrons. The topological polar surface area (TPSA) is 29.3 Å². The Kier molecular flexibility index (Phi) is 3.33. The SMILES string of the molecule is Cc1cccc(NCc2c(C)nc3sccn23)c1Br. The maximum atomic E-state index is 4.56. The van der Waals surface area contributed by atoms with E-state index in [0.717, 1.165) is 27.4 Å². The molecule has 0 radical (unpaired) electrons. The molecule has 0 spiro atoms. The van der Waals surface area contributed by atoms with Crippen LogP contribution in [0.15, 0.2) is 34.2 Å². The van der Waals surface area contributed by atoms with Crippen molar-refractivity contribution in [2.75, 3.05) is 5.32 Å². The Labute approximate surface area is 124 Å². The number of hydrogen-bond acceptors (Lipinski definition) is 3. The molecule has 0 bridgehead atoms. The van der Waals surface area contributed by atoms with Gasteiger partial charge >= 0.3 is 0 Å². The van der Waals surface area contributed by atoms with Gasteiger partial charge in [-0.15, -0.1) is 11.3 Å². The van der Waals surface area contributed by atoms with Crippen molar-refractivity contribution < 1.29 is 0 Å². The highest BCUT2D eigenvalue weighted by Crippen LogP contribution is 2.26. The number of aromatic nitrogens is 2. The third-order valence-corrected chi connectivity index (χ3v) is 5.01. The Morgan fingerprint density at radius 1 is 1.37 bits per heavy atom. The zero-order valence-electron chi connectivity index (χ0n) is 10.8. The Bertz CT molecular complexity index is 729. The van der Waals surface area contributed by atoms with E-state index in [-0.39, 0.29) is 0 Å². The summed E-state index contributed by atoms with van der Waals surface area (Å²) in [5.74, 6) is 0. The first kappa shape index (κ1) is 12.7. The quantitative estimate of drug-likeness (QED) is 0.769. The van der Waals surface area contributed by atoms with E-state index < -0.39 is 0 Å². The Morgan fingerprint density at radius 3 is 3.05 bits per heavy atom. The number of rotatable bonds is 3. The van der Waals surface area contributed by atoms with E-state index in [1.165, 1.54) is 11.3 Å². The minimum absolute atomic E-state index is 0.770. The second-order valence-corrected chi connectivity index (χ2v) is 6.16. The molecule has 0 unspecified atom stereocenters. The van der Waals surface area contributed by atoms with Crippen LogP contribution in [0.5, 0.6) is 0 Å². The zero-order chi connectivity index (χ0) is 13.4. The largest absolute Gasteiger partial charge is 0.378 e. The summed E-state index contributed by atoms with van der Waals surface area (Å²) in [6.07, 6.45) is 2.07. The van der Waals surface area contributed by atoms with Crippen LogP contribution in [-0.4, -0.2) is 9.38 Å². The lowest BCUT2D eigenvalue weighted by molar-refractivity contribution is 0.993. The Morgan fingerprint density at radius 2 is 2.21 bits per heavy atom. The average molecular weight is 336 g/mol. The number of fused-ring (bicyclic) bond motifs is 1. The number of aryl methyl sites for hydroxylation is 2. The highest BCUT2D eigenvalue weighted by molar-refractivity contribution is 9.10. The number of thiazole rings is 1. The average Bonchev–Trinajstić information content (AvgIpc) is 2.93. The normalized spacial score (nSPS) is 11.1. The summed E-state index contributed by atoms with van der Waals surface area (Å²) in [7, 11) is 0. The summed E-state index contributed by atoms with van der Waals surface area (Å²) in [5, 5.41) is 5.54. The standard InChI is InChI=1S/C14H14BrN3S/c1-9-4-3-5-11(13(9)15)16-8-12-10(2)17-14-18(12)6-7-19-14/h3-7,16H,8H2,1-2H3. The molecule has 0 saturated heterocycles. The van der Waals surface area contributed by atoms with Crippen molar-refractivity contribution in [1.82, 2.24) is 9.38 Å². The molecule has 2 heterocycles. The maximum Gasteiger partial charge on any atom is 0.194 e. The van der Waals surface area contributed by atoms with Crippen molar-refractivity contribution in [2.45, 2.75) is 20.4 Å². The molecule has 0 saturated carbocycles. The van der Waals surface area contributed by atoms with Crippen LogP contribution in [-0.2, 0) is 6.54 Å². The third-order valence-electron chi connectivity index (χ3n) is 3.20. The fourth-order valence-electron chi connectivity index (χ4n) is 2.12. The Hall–Kier alpha value is -1.33. The van der Waals surface area contributed by atoms with Gasteiger partial charge in [0, 0.05) is 21.7 Å². The van der Waals surface area contributed by atoms with Gasteiger partial charge in [-0.1, -0.05) is 12.1 Å². The number of hydrogen-bond donors (Lipinski definition) is 1. The fourth-order valence-corrected chi connectivity index (χ4v) is 3.30. The number of imidazole rings is 1. The van der Waals surface area contributed by atoms with Gasteiger partial charge in [-0.3, -0.25) is 4.40 Å². The smallest absolute Gasteiger partial charge is 0.194 e. The number of anilines is 1. The van der Waals surface area contributed by atoms with Crippen LogP contribution < -0.4 is 5.32 Å². The highest BCUT2D eigenvalue weighted by atomic mass is 79.9. The molecule has 19 heavy (non-hydrogen) atoms. The number of nitrogens with one attached hydrogen (secondary N) is 1. The molecule has 0 amide bonds. The first-order chi connectivity index (χ1) is 9.16. The van der Waals surface area contributed by atoms with E-state index in [4.69, 9.17) is 0 Å². The minimum Gasteiger partial charge on any atom is -0.378 e. The molecule has 0 atom stereocenters. The lowest BCUT2D eigenvalue weighted by atomic mass is 10.2. The van der Waals surface area contributed by atoms with Crippen LogP contribution >= 0.6 is 27.3 Å². The van der Waals surface area contributed by atoms with E-state index in [1.54, 1.807) is 11.3 Å². The molecule has 3 nitrogen and oxygen atoms in total. The number of halogens is 1. The van der Waals surface area contributed by atoms with Crippen LogP contribution in [0.4, 0.5) is 5.69 Å². The van der Waals surface area contributed by atoms with Crippen molar-refractivity contribution in [3.63, 3.8) is 0 Å². The van der Waals surface area contributed by atoms with Crippen LogP contribution in [0.2, 0.25) is 0 Å². The first-order valence-electron chi connectivity index (χ1n) is 6.07. The maximum absolute atomic E-state index is 4.56. The monoisotopic (exact) mass is 335 g/mol.